The number of hydrogen-bond donors (Lipinski definition) is 3. The van der Waals surface area contributed by atoms with Gasteiger partial charge in [-0.25, -0.2) is 15.0 Å². The molecule has 2 aromatic carbocycles. The number of nitrogens with one attached hydrogen (secondary N) is 3. The summed E-state index contributed by atoms with van der Waals surface area (Å²) in [5.74, 6) is 1.47. The molecular formula is C18H16N6. The third-order valence-corrected chi connectivity index (χ3v) is 3.68. The molecule has 0 bridgehead atoms. The predicted molar refractivity (Wildman–Crippen MR) is 95.9 cm³/mol. The summed E-state index contributed by atoms with van der Waals surface area (Å²) in [6, 6.07) is 14.1. The Morgan fingerprint density at radius 2 is 1.83 bits per heavy atom. The molecule has 0 unspecified atom stereocenters. The molecule has 0 radical (unpaired) electrons. The summed E-state index contributed by atoms with van der Waals surface area (Å²) in [5.41, 5.74) is 3.99. The van der Waals surface area contributed by atoms with E-state index in [4.69, 9.17) is 0 Å². The highest BCUT2D eigenvalue weighted by Crippen LogP contribution is 2.26. The molecule has 0 saturated carbocycles. The van der Waals surface area contributed by atoms with E-state index in [1.165, 1.54) is 5.56 Å². The first-order valence-corrected chi connectivity index (χ1v) is 7.63. The molecule has 4 rings (SSSR count). The van der Waals surface area contributed by atoms with Crippen LogP contribution in [0.5, 0.6) is 0 Å². The van der Waals surface area contributed by atoms with Gasteiger partial charge in [0, 0.05) is 29.2 Å². The van der Waals surface area contributed by atoms with Crippen molar-refractivity contribution in [3.05, 3.63) is 66.7 Å². The second kappa shape index (κ2) is 6.00. The molecule has 6 heteroatoms. The quantitative estimate of drug-likeness (QED) is 0.527. The number of imidazole rings is 1. The van der Waals surface area contributed by atoms with Gasteiger partial charge in [0.1, 0.15) is 12.1 Å². The number of aryl methyl sites for hydroxylation is 1. The van der Waals surface area contributed by atoms with E-state index in [1.54, 1.807) is 18.7 Å². The van der Waals surface area contributed by atoms with Crippen LogP contribution in [0.4, 0.5) is 23.1 Å². The Hall–Kier alpha value is -3.41. The molecule has 24 heavy (non-hydrogen) atoms. The summed E-state index contributed by atoms with van der Waals surface area (Å²) in [6.45, 7) is 2.06. The Morgan fingerprint density at radius 3 is 2.67 bits per heavy atom. The molecule has 0 saturated heterocycles. The average molecular weight is 316 g/mol. The number of fused-ring (bicyclic) bond motifs is 1. The molecule has 4 aromatic rings. The van der Waals surface area contributed by atoms with E-state index >= 15 is 0 Å². The van der Waals surface area contributed by atoms with Crippen LogP contribution in [0.1, 0.15) is 5.56 Å². The lowest BCUT2D eigenvalue weighted by Gasteiger charge is -2.10. The normalized spacial score (nSPS) is 10.7. The Bertz CT molecular complexity index is 978. The highest BCUT2D eigenvalue weighted by molar-refractivity contribution is 5.93. The fourth-order valence-electron chi connectivity index (χ4n) is 2.56. The van der Waals surface area contributed by atoms with Crippen LogP contribution in [0.2, 0.25) is 0 Å². The van der Waals surface area contributed by atoms with Crippen molar-refractivity contribution in [1.82, 2.24) is 19.9 Å². The minimum atomic E-state index is 0.694. The van der Waals surface area contributed by atoms with E-state index < -0.39 is 0 Å². The monoisotopic (exact) mass is 316 g/mol. The van der Waals surface area contributed by atoms with Crippen LogP contribution in [0, 0.1) is 6.92 Å². The van der Waals surface area contributed by atoms with E-state index in [-0.39, 0.29) is 0 Å². The van der Waals surface area contributed by atoms with Gasteiger partial charge in [-0.05, 0) is 42.8 Å². The molecular weight excluding hydrogens is 300 g/mol. The molecule has 3 N–H and O–H groups in total. The fourth-order valence-corrected chi connectivity index (χ4v) is 2.56. The van der Waals surface area contributed by atoms with Crippen molar-refractivity contribution in [1.29, 1.82) is 0 Å². The van der Waals surface area contributed by atoms with Crippen molar-refractivity contribution in [2.24, 2.45) is 0 Å². The Balaban J connectivity index is 1.72. The lowest BCUT2D eigenvalue weighted by molar-refractivity contribution is 1.22. The van der Waals surface area contributed by atoms with E-state index in [0.29, 0.717) is 5.95 Å². The van der Waals surface area contributed by atoms with Gasteiger partial charge in [-0.3, -0.25) is 0 Å². The number of rotatable bonds is 4. The van der Waals surface area contributed by atoms with E-state index in [1.807, 2.05) is 30.3 Å². The zero-order valence-electron chi connectivity index (χ0n) is 13.1. The Kier molecular flexibility index (Phi) is 3.55. The molecule has 0 atom stereocenters. The molecule has 6 nitrogen and oxygen atoms in total. The van der Waals surface area contributed by atoms with E-state index in [2.05, 4.69) is 49.6 Å². The number of nitrogens with zero attached hydrogens (tertiary/aromatic N) is 3. The number of benzene rings is 2. The molecule has 2 heterocycles. The van der Waals surface area contributed by atoms with Crippen molar-refractivity contribution >= 4 is 34.0 Å². The SMILES string of the molecule is Cc1cccc(Nc2ncnc3ccc(Nc4ncc[nH]4)cc23)c1. The van der Waals surface area contributed by atoms with Crippen LogP contribution >= 0.6 is 0 Å². The maximum absolute atomic E-state index is 4.40. The molecule has 0 spiro atoms. The minimum absolute atomic E-state index is 0.694. The minimum Gasteiger partial charge on any atom is -0.340 e. The van der Waals surface area contributed by atoms with Crippen molar-refractivity contribution in [3.8, 4) is 0 Å². The lowest BCUT2D eigenvalue weighted by Crippen LogP contribution is -1.98. The standard InChI is InChI=1S/C18H16N6/c1-12-3-2-4-13(9-12)23-17-15-10-14(24-18-19-7-8-20-18)5-6-16(15)21-11-22-17/h2-11H,1H3,(H2,19,20,24)(H,21,22,23). The number of aromatic nitrogens is 4. The van der Waals surface area contributed by atoms with Gasteiger partial charge in [0.25, 0.3) is 0 Å². The third kappa shape index (κ3) is 2.89. The zero-order chi connectivity index (χ0) is 16.4. The molecule has 0 amide bonds. The van der Waals surface area contributed by atoms with Crippen molar-refractivity contribution in [2.45, 2.75) is 6.92 Å². The molecule has 118 valence electrons. The predicted octanol–water partition coefficient (Wildman–Crippen LogP) is 4.15. The lowest BCUT2D eigenvalue weighted by atomic mass is 10.2. The summed E-state index contributed by atoms with van der Waals surface area (Å²) in [7, 11) is 0. The maximum Gasteiger partial charge on any atom is 0.204 e. The first kappa shape index (κ1) is 14.2. The van der Waals surface area contributed by atoms with Crippen LogP contribution in [0.25, 0.3) is 10.9 Å². The summed E-state index contributed by atoms with van der Waals surface area (Å²) in [4.78, 5) is 15.9. The van der Waals surface area contributed by atoms with E-state index in [9.17, 15) is 0 Å². The summed E-state index contributed by atoms with van der Waals surface area (Å²) in [6.07, 6.45) is 5.05. The van der Waals surface area contributed by atoms with Gasteiger partial charge < -0.3 is 15.6 Å². The van der Waals surface area contributed by atoms with Crippen molar-refractivity contribution < 1.29 is 0 Å². The van der Waals surface area contributed by atoms with Gasteiger partial charge in [0.2, 0.25) is 5.95 Å². The fraction of sp³-hybridized carbons (Fsp3) is 0.0556. The topological polar surface area (TPSA) is 78.5 Å². The Labute approximate surface area is 139 Å². The van der Waals surface area contributed by atoms with Crippen LogP contribution < -0.4 is 10.6 Å². The number of anilines is 4. The van der Waals surface area contributed by atoms with Crippen molar-refractivity contribution in [3.63, 3.8) is 0 Å². The molecule has 0 aliphatic heterocycles. The second-order valence-corrected chi connectivity index (χ2v) is 5.51. The zero-order valence-corrected chi connectivity index (χ0v) is 13.1. The van der Waals surface area contributed by atoms with Gasteiger partial charge in [-0.2, -0.15) is 0 Å². The molecule has 2 aromatic heterocycles. The average Bonchev–Trinajstić information content (AvgIpc) is 3.08. The number of hydrogen-bond acceptors (Lipinski definition) is 5. The summed E-state index contributed by atoms with van der Waals surface area (Å²) in [5, 5.41) is 7.54. The highest BCUT2D eigenvalue weighted by Gasteiger charge is 2.06. The van der Waals surface area contributed by atoms with Crippen LogP contribution in [-0.4, -0.2) is 19.9 Å². The second-order valence-electron chi connectivity index (χ2n) is 5.51. The molecule has 0 fully saturated rings. The van der Waals surface area contributed by atoms with Gasteiger partial charge >= 0.3 is 0 Å². The first-order valence-electron chi connectivity index (χ1n) is 7.63. The smallest absolute Gasteiger partial charge is 0.204 e. The van der Waals surface area contributed by atoms with Gasteiger partial charge in [0.05, 0.1) is 5.52 Å². The van der Waals surface area contributed by atoms with Gasteiger partial charge in [0.15, 0.2) is 0 Å². The van der Waals surface area contributed by atoms with E-state index in [0.717, 1.165) is 28.1 Å². The first-order chi connectivity index (χ1) is 11.8. The number of H-pyrrole nitrogens is 1. The van der Waals surface area contributed by atoms with Crippen LogP contribution in [-0.2, 0) is 0 Å². The molecule has 0 aliphatic rings. The van der Waals surface area contributed by atoms with Gasteiger partial charge in [-0.1, -0.05) is 12.1 Å². The van der Waals surface area contributed by atoms with Gasteiger partial charge in [-0.15, -0.1) is 0 Å². The van der Waals surface area contributed by atoms with Crippen molar-refractivity contribution in [2.75, 3.05) is 10.6 Å². The summed E-state index contributed by atoms with van der Waals surface area (Å²) >= 11 is 0. The van der Waals surface area contributed by atoms with Crippen LogP contribution in [0.15, 0.2) is 61.2 Å². The largest absolute Gasteiger partial charge is 0.340 e. The number of aromatic amines is 1. The third-order valence-electron chi connectivity index (χ3n) is 3.68. The molecule has 0 aliphatic carbocycles. The Morgan fingerprint density at radius 1 is 0.917 bits per heavy atom. The maximum atomic E-state index is 4.40. The van der Waals surface area contributed by atoms with Crippen LogP contribution in [0.3, 0.4) is 0 Å². The highest BCUT2D eigenvalue weighted by atomic mass is 15.1. The summed E-state index contributed by atoms with van der Waals surface area (Å²) < 4.78 is 0.